The van der Waals surface area contributed by atoms with Crippen molar-refractivity contribution in [3.05, 3.63) is 29.8 Å². The highest BCUT2D eigenvalue weighted by molar-refractivity contribution is 7.80. The predicted molar refractivity (Wildman–Crippen MR) is 114 cm³/mol. The number of carbonyl (C=O) groups excluding carboxylic acids is 2. The average Bonchev–Trinajstić information content (AvgIpc) is 2.68. The number of unbranched alkanes of at least 4 members (excludes halogenated alkanes) is 2. The molecule has 2 N–H and O–H groups in total. The summed E-state index contributed by atoms with van der Waals surface area (Å²) in [4.78, 5) is 26.5. The predicted octanol–water partition coefficient (Wildman–Crippen LogP) is 4.17. The molecule has 0 spiro atoms. The highest BCUT2D eigenvalue weighted by Gasteiger charge is 2.21. The number of rotatable bonds is 7. The van der Waals surface area contributed by atoms with Gasteiger partial charge in [0, 0.05) is 19.5 Å². The summed E-state index contributed by atoms with van der Waals surface area (Å²) in [6.07, 6.45) is 9.08. The molecule has 1 fully saturated rings. The van der Waals surface area contributed by atoms with E-state index in [0.717, 1.165) is 32.1 Å². The Labute approximate surface area is 167 Å². The van der Waals surface area contributed by atoms with Crippen molar-refractivity contribution < 1.29 is 9.59 Å². The van der Waals surface area contributed by atoms with Gasteiger partial charge in [-0.2, -0.15) is 0 Å². The Morgan fingerprint density at radius 1 is 1.15 bits per heavy atom. The molecule has 2 rings (SSSR count). The number of hydrogen-bond donors (Lipinski definition) is 2. The van der Waals surface area contributed by atoms with Crippen molar-refractivity contribution in [2.24, 2.45) is 0 Å². The maximum Gasteiger partial charge on any atom is 0.253 e. The second kappa shape index (κ2) is 11.0. The van der Waals surface area contributed by atoms with E-state index in [-0.39, 0.29) is 17.9 Å². The zero-order valence-corrected chi connectivity index (χ0v) is 17.2. The lowest BCUT2D eigenvalue weighted by molar-refractivity contribution is -0.119. The second-order valence-electron chi connectivity index (χ2n) is 7.19. The fourth-order valence-electron chi connectivity index (χ4n) is 3.38. The Morgan fingerprint density at radius 2 is 1.85 bits per heavy atom. The van der Waals surface area contributed by atoms with E-state index in [9.17, 15) is 9.59 Å². The van der Waals surface area contributed by atoms with Crippen molar-refractivity contribution in [3.63, 3.8) is 0 Å². The summed E-state index contributed by atoms with van der Waals surface area (Å²) >= 11 is 5.38. The van der Waals surface area contributed by atoms with E-state index in [1.807, 2.05) is 18.2 Å². The molecule has 27 heavy (non-hydrogen) atoms. The topological polar surface area (TPSA) is 61.4 Å². The van der Waals surface area contributed by atoms with E-state index in [2.05, 4.69) is 17.6 Å². The SMILES string of the molecule is CCCCCC(=O)NC(=S)N(C)c1ccccc1C(=O)NC1CCCCC1. The van der Waals surface area contributed by atoms with E-state index in [0.29, 0.717) is 22.8 Å². The summed E-state index contributed by atoms with van der Waals surface area (Å²) in [6.45, 7) is 2.10. The van der Waals surface area contributed by atoms with Crippen molar-refractivity contribution in [2.45, 2.75) is 70.8 Å². The number of thiocarbonyl (C=S) groups is 1. The first kappa shape index (κ1) is 21.4. The molecule has 1 aliphatic rings. The monoisotopic (exact) mass is 389 g/mol. The number of amides is 2. The van der Waals surface area contributed by atoms with Crippen LogP contribution in [-0.2, 0) is 4.79 Å². The minimum absolute atomic E-state index is 0.0792. The van der Waals surface area contributed by atoms with Gasteiger partial charge >= 0.3 is 0 Å². The highest BCUT2D eigenvalue weighted by atomic mass is 32.1. The second-order valence-corrected chi connectivity index (χ2v) is 7.58. The fraction of sp³-hybridized carbons (Fsp3) is 0.571. The van der Waals surface area contributed by atoms with Crippen LogP contribution in [0.25, 0.3) is 0 Å². The zero-order valence-electron chi connectivity index (χ0n) is 16.4. The molecule has 0 radical (unpaired) electrons. The molecule has 0 aliphatic heterocycles. The molecule has 1 aliphatic carbocycles. The summed E-state index contributed by atoms with van der Waals surface area (Å²) in [5.41, 5.74) is 1.28. The molecule has 0 unspecified atom stereocenters. The lowest BCUT2D eigenvalue weighted by Gasteiger charge is -2.26. The number of benzene rings is 1. The number of para-hydroxylation sites is 1. The van der Waals surface area contributed by atoms with Gasteiger partial charge in [0.05, 0.1) is 11.3 Å². The highest BCUT2D eigenvalue weighted by Crippen LogP contribution is 2.22. The first-order chi connectivity index (χ1) is 13.0. The minimum atomic E-state index is -0.0820. The molecule has 0 aromatic heterocycles. The Bertz CT molecular complexity index is 657. The zero-order chi connectivity index (χ0) is 19.6. The van der Waals surface area contributed by atoms with Crippen molar-refractivity contribution >= 4 is 34.8 Å². The maximum absolute atomic E-state index is 12.8. The molecular weight excluding hydrogens is 358 g/mol. The van der Waals surface area contributed by atoms with Crippen LogP contribution >= 0.6 is 12.2 Å². The number of carbonyl (C=O) groups is 2. The summed E-state index contributed by atoms with van der Waals surface area (Å²) in [5.74, 6) is -0.161. The third-order valence-electron chi connectivity index (χ3n) is 5.01. The van der Waals surface area contributed by atoms with Crippen LogP contribution in [0.1, 0.15) is 75.1 Å². The quantitative estimate of drug-likeness (QED) is 0.543. The van der Waals surface area contributed by atoms with E-state index >= 15 is 0 Å². The number of anilines is 1. The van der Waals surface area contributed by atoms with Crippen LogP contribution in [0.2, 0.25) is 0 Å². The van der Waals surface area contributed by atoms with Crippen molar-refractivity contribution in [2.75, 3.05) is 11.9 Å². The van der Waals surface area contributed by atoms with Crippen LogP contribution in [-0.4, -0.2) is 30.0 Å². The van der Waals surface area contributed by atoms with E-state index in [1.54, 1.807) is 18.0 Å². The maximum atomic E-state index is 12.8. The molecule has 1 aromatic carbocycles. The van der Waals surface area contributed by atoms with Crippen LogP contribution in [0.15, 0.2) is 24.3 Å². The summed E-state index contributed by atoms with van der Waals surface area (Å²) in [6, 6.07) is 7.62. The number of nitrogens with zero attached hydrogens (tertiary/aromatic N) is 1. The molecule has 6 heteroatoms. The van der Waals surface area contributed by atoms with Crippen molar-refractivity contribution in [1.29, 1.82) is 0 Å². The number of hydrogen-bond acceptors (Lipinski definition) is 3. The number of nitrogens with one attached hydrogen (secondary N) is 2. The first-order valence-corrected chi connectivity index (χ1v) is 10.4. The average molecular weight is 390 g/mol. The van der Waals surface area contributed by atoms with Gasteiger partial charge in [-0.15, -0.1) is 0 Å². The lowest BCUT2D eigenvalue weighted by Crippen LogP contribution is -2.42. The third kappa shape index (κ3) is 6.61. The van der Waals surface area contributed by atoms with Crippen molar-refractivity contribution in [3.8, 4) is 0 Å². The first-order valence-electron chi connectivity index (χ1n) is 10.00. The standard InChI is InChI=1S/C21H31N3O2S/c1-3-4-6-15-19(25)23-21(27)24(2)18-14-10-9-13-17(18)20(26)22-16-11-7-5-8-12-16/h9-10,13-14,16H,3-8,11-12,15H2,1-2H3,(H,22,26)(H,23,25,27). The molecule has 0 heterocycles. The van der Waals surface area contributed by atoms with Crippen molar-refractivity contribution in [1.82, 2.24) is 10.6 Å². The molecule has 0 saturated heterocycles. The van der Waals surface area contributed by atoms with Gasteiger partial charge in [0.1, 0.15) is 0 Å². The van der Waals surface area contributed by atoms with Gasteiger partial charge in [-0.25, -0.2) is 0 Å². The van der Waals surface area contributed by atoms with Gasteiger partial charge in [-0.05, 0) is 43.6 Å². The molecule has 5 nitrogen and oxygen atoms in total. The molecule has 2 amide bonds. The van der Waals surface area contributed by atoms with Gasteiger partial charge in [-0.1, -0.05) is 51.2 Å². The summed E-state index contributed by atoms with van der Waals surface area (Å²) in [7, 11) is 1.78. The molecular formula is C21H31N3O2S. The van der Waals surface area contributed by atoms with Crippen LogP contribution in [0, 0.1) is 0 Å². The van der Waals surface area contributed by atoms with Gasteiger partial charge in [0.2, 0.25) is 5.91 Å². The fourth-order valence-corrected chi connectivity index (χ4v) is 3.59. The molecule has 1 aromatic rings. The summed E-state index contributed by atoms with van der Waals surface area (Å²) < 4.78 is 0. The van der Waals surface area contributed by atoms with Crippen LogP contribution in [0.3, 0.4) is 0 Å². The van der Waals surface area contributed by atoms with Gasteiger partial charge < -0.3 is 15.5 Å². The third-order valence-corrected chi connectivity index (χ3v) is 5.38. The largest absolute Gasteiger partial charge is 0.349 e. The molecule has 0 bridgehead atoms. The Balaban J connectivity index is 2.01. The van der Waals surface area contributed by atoms with E-state index in [4.69, 9.17) is 12.2 Å². The molecule has 1 saturated carbocycles. The van der Waals surface area contributed by atoms with Gasteiger partial charge in [0.15, 0.2) is 5.11 Å². The molecule has 0 atom stereocenters. The Hall–Kier alpha value is -1.95. The lowest BCUT2D eigenvalue weighted by atomic mass is 9.95. The van der Waals surface area contributed by atoms with E-state index < -0.39 is 0 Å². The van der Waals surface area contributed by atoms with Gasteiger partial charge in [0.25, 0.3) is 5.91 Å². The van der Waals surface area contributed by atoms with Crippen LogP contribution in [0.5, 0.6) is 0 Å². The van der Waals surface area contributed by atoms with Crippen LogP contribution < -0.4 is 15.5 Å². The Morgan fingerprint density at radius 3 is 2.56 bits per heavy atom. The van der Waals surface area contributed by atoms with Gasteiger partial charge in [-0.3, -0.25) is 9.59 Å². The summed E-state index contributed by atoms with van der Waals surface area (Å²) in [5, 5.41) is 6.23. The molecule has 148 valence electrons. The smallest absolute Gasteiger partial charge is 0.253 e. The Kier molecular flexibility index (Phi) is 8.72. The minimum Gasteiger partial charge on any atom is -0.349 e. The van der Waals surface area contributed by atoms with Crippen LogP contribution in [0.4, 0.5) is 5.69 Å². The normalized spacial score (nSPS) is 14.4. The van der Waals surface area contributed by atoms with E-state index in [1.165, 1.54) is 19.3 Å².